The second-order valence-electron chi connectivity index (χ2n) is 7.01. The van der Waals surface area contributed by atoms with Crippen molar-refractivity contribution >= 4 is 17.2 Å². The van der Waals surface area contributed by atoms with Crippen LogP contribution in [-0.4, -0.2) is 30.4 Å². The maximum absolute atomic E-state index is 5.52. The number of benzene rings is 2. The molecule has 3 heterocycles. The Hall–Kier alpha value is -3.87. The molecule has 0 aliphatic carbocycles. The predicted octanol–water partition coefficient (Wildman–Crippen LogP) is 4.80. The lowest BCUT2D eigenvalue weighted by molar-refractivity contribution is 0.174. The van der Waals surface area contributed by atoms with Crippen LogP contribution in [0.2, 0.25) is 0 Å². The van der Waals surface area contributed by atoms with Gasteiger partial charge in [0.1, 0.15) is 17.2 Å². The molecule has 0 unspecified atom stereocenters. The molecule has 7 heteroatoms. The van der Waals surface area contributed by atoms with Crippen LogP contribution < -0.4 is 24.3 Å². The van der Waals surface area contributed by atoms with Crippen LogP contribution in [-0.2, 0) is 0 Å². The lowest BCUT2D eigenvalue weighted by Gasteiger charge is -2.12. The molecule has 4 aromatic rings. The quantitative estimate of drug-likeness (QED) is 0.516. The largest absolute Gasteiger partial charge is 0.493 e. The highest BCUT2D eigenvalue weighted by atomic mass is 16.7. The number of nitrogens with zero attached hydrogens (tertiary/aromatic N) is 2. The lowest BCUT2D eigenvalue weighted by atomic mass is 10.1. The molecule has 0 saturated carbocycles. The van der Waals surface area contributed by atoms with Crippen molar-refractivity contribution in [1.82, 2.24) is 9.38 Å². The number of rotatable bonds is 5. The number of aromatic nitrogens is 2. The van der Waals surface area contributed by atoms with Crippen molar-refractivity contribution in [2.75, 3.05) is 26.3 Å². The molecule has 0 fully saturated rings. The van der Waals surface area contributed by atoms with Crippen LogP contribution >= 0.6 is 0 Å². The van der Waals surface area contributed by atoms with Crippen LogP contribution in [0, 0.1) is 6.92 Å². The van der Waals surface area contributed by atoms with E-state index in [1.54, 1.807) is 14.2 Å². The van der Waals surface area contributed by atoms with E-state index in [2.05, 4.69) is 18.4 Å². The third kappa shape index (κ3) is 3.04. The fraction of sp³-hybridized carbons (Fsp3) is 0.174. The van der Waals surface area contributed by atoms with Crippen molar-refractivity contribution in [3.05, 3.63) is 60.3 Å². The van der Waals surface area contributed by atoms with Crippen LogP contribution in [0.1, 0.15) is 5.56 Å². The highest BCUT2D eigenvalue weighted by molar-refractivity contribution is 5.81. The first kappa shape index (κ1) is 18.2. The number of nitrogens with one attached hydrogen (secondary N) is 1. The molecule has 2 aromatic heterocycles. The van der Waals surface area contributed by atoms with Crippen LogP contribution in [0.25, 0.3) is 16.9 Å². The van der Waals surface area contributed by atoms with Gasteiger partial charge in [0, 0.05) is 23.5 Å². The van der Waals surface area contributed by atoms with Gasteiger partial charge in [-0.05, 0) is 48.9 Å². The van der Waals surface area contributed by atoms with Crippen molar-refractivity contribution in [2.24, 2.45) is 0 Å². The maximum atomic E-state index is 5.52. The SMILES string of the molecule is COc1ccc(-c2nc3ccc(C)cn3c2Nc2ccc3c(c2)OCO3)cc1OC. The van der Waals surface area contributed by atoms with E-state index in [9.17, 15) is 0 Å². The molecule has 7 nitrogen and oxygen atoms in total. The summed E-state index contributed by atoms with van der Waals surface area (Å²) in [7, 11) is 3.25. The normalized spacial score (nSPS) is 12.2. The van der Waals surface area contributed by atoms with E-state index < -0.39 is 0 Å². The van der Waals surface area contributed by atoms with Gasteiger partial charge in [0.05, 0.1) is 14.2 Å². The first-order chi connectivity index (χ1) is 14.7. The minimum Gasteiger partial charge on any atom is -0.493 e. The van der Waals surface area contributed by atoms with Crippen LogP contribution in [0.3, 0.4) is 0 Å². The minimum absolute atomic E-state index is 0.241. The summed E-state index contributed by atoms with van der Waals surface area (Å²) in [6, 6.07) is 15.6. The monoisotopic (exact) mass is 403 g/mol. The highest BCUT2D eigenvalue weighted by Crippen LogP contribution is 2.39. The summed E-state index contributed by atoms with van der Waals surface area (Å²) < 4.78 is 23.9. The number of anilines is 2. The van der Waals surface area contributed by atoms with Crippen molar-refractivity contribution < 1.29 is 18.9 Å². The zero-order valence-corrected chi connectivity index (χ0v) is 16.9. The van der Waals surface area contributed by atoms with Gasteiger partial charge in [-0.2, -0.15) is 0 Å². The fourth-order valence-electron chi connectivity index (χ4n) is 3.57. The van der Waals surface area contributed by atoms with E-state index >= 15 is 0 Å². The van der Waals surface area contributed by atoms with Gasteiger partial charge < -0.3 is 24.3 Å². The summed E-state index contributed by atoms with van der Waals surface area (Å²) in [6.45, 7) is 2.30. The molecule has 1 N–H and O–H groups in total. The summed E-state index contributed by atoms with van der Waals surface area (Å²) in [5.74, 6) is 3.63. The Morgan fingerprint density at radius 1 is 0.933 bits per heavy atom. The molecule has 0 bridgehead atoms. The molecule has 5 rings (SSSR count). The van der Waals surface area contributed by atoms with E-state index in [1.807, 2.05) is 52.9 Å². The van der Waals surface area contributed by atoms with Crippen LogP contribution in [0.4, 0.5) is 11.5 Å². The molecule has 0 spiro atoms. The van der Waals surface area contributed by atoms with Gasteiger partial charge in [-0.25, -0.2) is 4.98 Å². The van der Waals surface area contributed by atoms with E-state index in [0.29, 0.717) is 11.5 Å². The summed E-state index contributed by atoms with van der Waals surface area (Å²) in [5.41, 5.74) is 4.57. The average molecular weight is 403 g/mol. The van der Waals surface area contributed by atoms with Gasteiger partial charge in [-0.3, -0.25) is 4.40 Å². The molecule has 0 atom stereocenters. The second-order valence-corrected chi connectivity index (χ2v) is 7.01. The number of methoxy groups -OCH3 is 2. The van der Waals surface area contributed by atoms with Gasteiger partial charge in [0.25, 0.3) is 0 Å². The molecule has 0 radical (unpaired) electrons. The standard InChI is InChI=1S/C23H21N3O4/c1-14-4-9-21-25-22(15-5-7-17(27-2)19(10-15)28-3)23(26(21)12-14)24-16-6-8-18-20(11-16)30-13-29-18/h4-12,24H,13H2,1-3H3. The molecule has 152 valence electrons. The van der Waals surface area contributed by atoms with Gasteiger partial charge in [0.2, 0.25) is 6.79 Å². The summed E-state index contributed by atoms with van der Waals surface area (Å²) >= 11 is 0. The van der Waals surface area contributed by atoms with E-state index in [-0.39, 0.29) is 6.79 Å². The van der Waals surface area contributed by atoms with Crippen molar-refractivity contribution in [3.8, 4) is 34.3 Å². The van der Waals surface area contributed by atoms with Crippen molar-refractivity contribution in [1.29, 1.82) is 0 Å². The maximum Gasteiger partial charge on any atom is 0.231 e. The molecule has 0 saturated heterocycles. The number of imidazole rings is 1. The molecule has 1 aliphatic heterocycles. The summed E-state index contributed by atoms with van der Waals surface area (Å²) in [5, 5.41) is 3.51. The Balaban J connectivity index is 1.65. The minimum atomic E-state index is 0.241. The first-order valence-electron chi connectivity index (χ1n) is 9.54. The number of hydrogen-bond donors (Lipinski definition) is 1. The first-order valence-corrected chi connectivity index (χ1v) is 9.54. The zero-order chi connectivity index (χ0) is 20.7. The Labute approximate surface area is 173 Å². The van der Waals surface area contributed by atoms with E-state index in [4.69, 9.17) is 23.9 Å². The Kier molecular flexibility index (Phi) is 4.35. The topological polar surface area (TPSA) is 66.3 Å². The van der Waals surface area contributed by atoms with Crippen molar-refractivity contribution in [3.63, 3.8) is 0 Å². The van der Waals surface area contributed by atoms with E-state index in [0.717, 1.165) is 45.5 Å². The molecular formula is C23H21N3O4. The summed E-state index contributed by atoms with van der Waals surface area (Å²) in [6.07, 6.45) is 2.06. The second kappa shape index (κ2) is 7.18. The number of hydrogen-bond acceptors (Lipinski definition) is 6. The molecule has 30 heavy (non-hydrogen) atoms. The fourth-order valence-corrected chi connectivity index (χ4v) is 3.57. The smallest absolute Gasteiger partial charge is 0.231 e. The third-order valence-electron chi connectivity index (χ3n) is 5.06. The van der Waals surface area contributed by atoms with Crippen LogP contribution in [0.15, 0.2) is 54.7 Å². The molecule has 2 aromatic carbocycles. The summed E-state index contributed by atoms with van der Waals surface area (Å²) in [4.78, 5) is 4.87. The van der Waals surface area contributed by atoms with Crippen LogP contribution in [0.5, 0.6) is 23.0 Å². The zero-order valence-electron chi connectivity index (χ0n) is 16.9. The molecule has 0 amide bonds. The number of aryl methyl sites for hydroxylation is 1. The lowest BCUT2D eigenvalue weighted by Crippen LogP contribution is -1.98. The van der Waals surface area contributed by atoms with Crippen molar-refractivity contribution in [2.45, 2.75) is 6.92 Å². The third-order valence-corrected chi connectivity index (χ3v) is 5.06. The van der Waals surface area contributed by atoms with Gasteiger partial charge in [-0.15, -0.1) is 0 Å². The average Bonchev–Trinajstić information content (AvgIpc) is 3.37. The number of pyridine rings is 1. The predicted molar refractivity (Wildman–Crippen MR) is 114 cm³/mol. The highest BCUT2D eigenvalue weighted by Gasteiger charge is 2.18. The van der Waals surface area contributed by atoms with E-state index in [1.165, 1.54) is 0 Å². The number of fused-ring (bicyclic) bond motifs is 2. The Morgan fingerprint density at radius 2 is 1.77 bits per heavy atom. The van der Waals surface area contributed by atoms with Gasteiger partial charge in [-0.1, -0.05) is 6.07 Å². The van der Waals surface area contributed by atoms with Gasteiger partial charge in [0.15, 0.2) is 23.0 Å². The Bertz CT molecular complexity index is 1250. The van der Waals surface area contributed by atoms with Gasteiger partial charge >= 0.3 is 0 Å². The molecular weight excluding hydrogens is 382 g/mol. The number of ether oxygens (including phenoxy) is 4. The molecule has 1 aliphatic rings. The Morgan fingerprint density at radius 3 is 2.60 bits per heavy atom.